The van der Waals surface area contributed by atoms with Crippen molar-refractivity contribution in [1.82, 2.24) is 29.0 Å². The quantitative estimate of drug-likeness (QED) is 0.742. The lowest BCUT2D eigenvalue weighted by Crippen LogP contribution is -2.41. The number of hydrogen-bond donors (Lipinski definition) is 0. The second-order valence-electron chi connectivity index (χ2n) is 6.37. The highest BCUT2D eigenvalue weighted by molar-refractivity contribution is 5.41. The molecule has 4 rings (SSSR count). The third-order valence-electron chi connectivity index (χ3n) is 4.72. The summed E-state index contributed by atoms with van der Waals surface area (Å²) in [5.74, 6) is 0. The topological polar surface area (TPSA) is 51.2 Å². The average Bonchev–Trinajstić information content (AvgIpc) is 3.19. The molecule has 1 aliphatic rings. The molecule has 3 aromatic heterocycles. The molecule has 0 unspecified atom stereocenters. The molecule has 0 radical (unpaired) electrons. The zero-order chi connectivity index (χ0) is 15.6. The van der Waals surface area contributed by atoms with Gasteiger partial charge in [0.25, 0.3) is 0 Å². The molecule has 0 saturated carbocycles. The van der Waals surface area contributed by atoms with Gasteiger partial charge in [0, 0.05) is 24.5 Å². The summed E-state index contributed by atoms with van der Waals surface area (Å²) < 4.78 is 4.11. The summed E-state index contributed by atoms with van der Waals surface area (Å²) in [7, 11) is 0. The molecule has 0 amide bonds. The van der Waals surface area contributed by atoms with Gasteiger partial charge in [0.1, 0.15) is 18.3 Å². The monoisotopic (exact) mass is 310 g/mol. The van der Waals surface area contributed by atoms with Crippen LogP contribution in [0, 0.1) is 6.92 Å². The summed E-state index contributed by atoms with van der Waals surface area (Å²) >= 11 is 0. The minimum atomic E-state index is 0.511. The van der Waals surface area contributed by atoms with Crippen molar-refractivity contribution in [3.63, 3.8) is 0 Å². The van der Waals surface area contributed by atoms with Crippen molar-refractivity contribution in [2.45, 2.75) is 45.3 Å². The molecule has 4 heterocycles. The van der Waals surface area contributed by atoms with Gasteiger partial charge in [-0.15, -0.1) is 0 Å². The fourth-order valence-corrected chi connectivity index (χ4v) is 3.50. The van der Waals surface area contributed by atoms with E-state index in [2.05, 4.69) is 50.7 Å². The van der Waals surface area contributed by atoms with Crippen LogP contribution in [0.25, 0.3) is 5.65 Å². The molecule has 23 heavy (non-hydrogen) atoms. The second kappa shape index (κ2) is 6.12. The largest absolute Gasteiger partial charge is 0.304 e. The number of aromatic nitrogens is 5. The summed E-state index contributed by atoms with van der Waals surface area (Å²) in [6.45, 7) is 5.06. The van der Waals surface area contributed by atoms with Gasteiger partial charge in [-0.2, -0.15) is 5.10 Å². The summed E-state index contributed by atoms with van der Waals surface area (Å²) in [4.78, 5) is 11.4. The minimum Gasteiger partial charge on any atom is -0.304 e. The lowest BCUT2D eigenvalue weighted by molar-refractivity contribution is 0.120. The van der Waals surface area contributed by atoms with Crippen LogP contribution in [0.1, 0.15) is 30.7 Å². The molecular weight excluding hydrogens is 288 g/mol. The summed E-state index contributed by atoms with van der Waals surface area (Å²) in [5, 5.41) is 4.26. The first kappa shape index (κ1) is 14.4. The fraction of sp³-hybridized carbons (Fsp3) is 0.471. The SMILES string of the molecule is Cc1cccc2nc(CN3CCCC[C@H]3Cn3cncn3)cn12. The first-order chi connectivity index (χ1) is 11.3. The normalized spacial score (nSPS) is 19.4. The maximum absolute atomic E-state index is 4.79. The zero-order valence-corrected chi connectivity index (χ0v) is 13.5. The van der Waals surface area contributed by atoms with Crippen LogP contribution in [0.5, 0.6) is 0 Å². The first-order valence-corrected chi connectivity index (χ1v) is 8.30. The lowest BCUT2D eigenvalue weighted by Gasteiger charge is -2.35. The van der Waals surface area contributed by atoms with Crippen LogP contribution in [0.2, 0.25) is 0 Å². The minimum absolute atomic E-state index is 0.511. The number of aryl methyl sites for hydroxylation is 1. The van der Waals surface area contributed by atoms with E-state index < -0.39 is 0 Å². The van der Waals surface area contributed by atoms with Gasteiger partial charge >= 0.3 is 0 Å². The van der Waals surface area contributed by atoms with Gasteiger partial charge < -0.3 is 4.40 Å². The van der Waals surface area contributed by atoms with E-state index in [0.29, 0.717) is 6.04 Å². The number of fused-ring (bicyclic) bond motifs is 1. The van der Waals surface area contributed by atoms with Gasteiger partial charge in [-0.1, -0.05) is 12.5 Å². The number of likely N-dealkylation sites (tertiary alicyclic amines) is 1. The van der Waals surface area contributed by atoms with Crippen molar-refractivity contribution < 1.29 is 0 Å². The van der Waals surface area contributed by atoms with E-state index in [4.69, 9.17) is 4.98 Å². The highest BCUT2D eigenvalue weighted by atomic mass is 15.3. The smallest absolute Gasteiger partial charge is 0.137 e. The van der Waals surface area contributed by atoms with Crippen molar-refractivity contribution >= 4 is 5.65 Å². The van der Waals surface area contributed by atoms with E-state index in [0.717, 1.165) is 31.0 Å². The Morgan fingerprint density at radius 3 is 3.04 bits per heavy atom. The maximum Gasteiger partial charge on any atom is 0.137 e. The predicted octanol–water partition coefficient (Wildman–Crippen LogP) is 2.29. The molecule has 0 aromatic carbocycles. The molecular formula is C17H22N6. The van der Waals surface area contributed by atoms with Crippen LogP contribution in [0.4, 0.5) is 0 Å². The zero-order valence-electron chi connectivity index (χ0n) is 13.5. The lowest BCUT2D eigenvalue weighted by atomic mass is 10.0. The third kappa shape index (κ3) is 2.99. The van der Waals surface area contributed by atoms with Crippen LogP contribution in [0.3, 0.4) is 0 Å². The predicted molar refractivity (Wildman–Crippen MR) is 88.0 cm³/mol. The number of rotatable bonds is 4. The van der Waals surface area contributed by atoms with Gasteiger partial charge in [0.05, 0.1) is 12.2 Å². The van der Waals surface area contributed by atoms with Gasteiger partial charge in [-0.05, 0) is 38.4 Å². The van der Waals surface area contributed by atoms with Crippen LogP contribution < -0.4 is 0 Å². The third-order valence-corrected chi connectivity index (χ3v) is 4.72. The van der Waals surface area contributed by atoms with Crippen LogP contribution >= 0.6 is 0 Å². The summed E-state index contributed by atoms with van der Waals surface area (Å²) in [5.41, 5.74) is 3.40. The Morgan fingerprint density at radius 2 is 2.22 bits per heavy atom. The van der Waals surface area contributed by atoms with Gasteiger partial charge in [0.15, 0.2) is 0 Å². The van der Waals surface area contributed by atoms with E-state index in [-0.39, 0.29) is 0 Å². The Bertz CT molecular complexity index is 776. The first-order valence-electron chi connectivity index (χ1n) is 8.30. The number of piperidine rings is 1. The van der Waals surface area contributed by atoms with Gasteiger partial charge in [-0.3, -0.25) is 9.58 Å². The Morgan fingerprint density at radius 1 is 1.26 bits per heavy atom. The summed E-state index contributed by atoms with van der Waals surface area (Å²) in [6.07, 6.45) is 9.36. The molecule has 0 N–H and O–H groups in total. The van der Waals surface area contributed by atoms with Gasteiger partial charge in [0.2, 0.25) is 0 Å². The number of nitrogens with zero attached hydrogens (tertiary/aromatic N) is 6. The van der Waals surface area contributed by atoms with E-state index in [1.807, 2.05) is 4.68 Å². The van der Waals surface area contributed by atoms with Crippen molar-refractivity contribution in [3.8, 4) is 0 Å². The fourth-order valence-electron chi connectivity index (χ4n) is 3.50. The maximum atomic E-state index is 4.79. The van der Waals surface area contributed by atoms with Crippen molar-refractivity contribution in [3.05, 3.63) is 48.4 Å². The van der Waals surface area contributed by atoms with Crippen LogP contribution in [-0.4, -0.2) is 41.6 Å². The molecule has 0 spiro atoms. The number of imidazole rings is 1. The molecule has 1 atom stereocenters. The molecule has 120 valence electrons. The molecule has 1 saturated heterocycles. The standard InChI is InChI=1S/C17H22N6/c1-14-5-4-7-17-20-15(10-23(14)17)9-21-8-3-2-6-16(21)11-22-13-18-12-19-22/h4-5,7,10,12-13,16H,2-3,6,8-9,11H2,1H3/t16-/m0/s1. The van der Waals surface area contributed by atoms with E-state index in [1.165, 1.54) is 25.0 Å². The van der Waals surface area contributed by atoms with Crippen molar-refractivity contribution in [2.75, 3.05) is 6.54 Å². The van der Waals surface area contributed by atoms with E-state index in [1.54, 1.807) is 12.7 Å². The molecule has 6 nitrogen and oxygen atoms in total. The van der Waals surface area contributed by atoms with Gasteiger partial charge in [-0.25, -0.2) is 9.97 Å². The van der Waals surface area contributed by atoms with Crippen molar-refractivity contribution in [1.29, 1.82) is 0 Å². The molecule has 1 aliphatic heterocycles. The molecule has 0 aliphatic carbocycles. The Kier molecular flexibility index (Phi) is 3.83. The molecule has 1 fully saturated rings. The number of pyridine rings is 1. The van der Waals surface area contributed by atoms with Crippen LogP contribution in [-0.2, 0) is 13.1 Å². The highest BCUT2D eigenvalue weighted by Crippen LogP contribution is 2.21. The van der Waals surface area contributed by atoms with Crippen molar-refractivity contribution in [2.24, 2.45) is 0 Å². The Hall–Kier alpha value is -2.21. The molecule has 0 bridgehead atoms. The van der Waals surface area contributed by atoms with E-state index >= 15 is 0 Å². The van der Waals surface area contributed by atoms with Crippen LogP contribution in [0.15, 0.2) is 37.1 Å². The summed E-state index contributed by atoms with van der Waals surface area (Å²) in [6, 6.07) is 6.76. The molecule has 3 aromatic rings. The van der Waals surface area contributed by atoms with E-state index in [9.17, 15) is 0 Å². The highest BCUT2D eigenvalue weighted by Gasteiger charge is 2.24. The Balaban J connectivity index is 1.53. The average molecular weight is 310 g/mol. The second-order valence-corrected chi connectivity index (χ2v) is 6.37. The Labute approximate surface area is 135 Å². The number of hydrogen-bond acceptors (Lipinski definition) is 4. The molecule has 6 heteroatoms.